The van der Waals surface area contributed by atoms with E-state index in [1.54, 1.807) is 34.9 Å². The Morgan fingerprint density at radius 2 is 1.74 bits per heavy atom. The molecule has 0 radical (unpaired) electrons. The van der Waals surface area contributed by atoms with Crippen molar-refractivity contribution >= 4 is 39.3 Å². The number of carbonyl (C=O) groups excluding carboxylic acids is 2. The molecule has 2 rings (SSSR count). The maximum Gasteiger partial charge on any atom is 0.254 e. The molecule has 0 saturated carbocycles. The molecule has 0 aromatic heterocycles. The fourth-order valence-electron chi connectivity index (χ4n) is 2.04. The summed E-state index contributed by atoms with van der Waals surface area (Å²) in [6.07, 6.45) is 0. The summed E-state index contributed by atoms with van der Waals surface area (Å²) in [5, 5.41) is 0.581. The Bertz CT molecular complexity index is 513. The van der Waals surface area contributed by atoms with Gasteiger partial charge in [-0.3, -0.25) is 9.59 Å². The van der Waals surface area contributed by atoms with Crippen LogP contribution in [-0.2, 0) is 4.79 Å². The average Bonchev–Trinajstić information content (AvgIpc) is 2.41. The van der Waals surface area contributed by atoms with Crippen molar-refractivity contribution in [3.8, 4) is 0 Å². The molecule has 102 valence electrons. The van der Waals surface area contributed by atoms with Crippen molar-refractivity contribution in [2.24, 2.45) is 0 Å². The number of hydrogen-bond donors (Lipinski definition) is 0. The molecule has 0 atom stereocenters. The van der Waals surface area contributed by atoms with Gasteiger partial charge >= 0.3 is 0 Å². The van der Waals surface area contributed by atoms with Gasteiger partial charge in [-0.1, -0.05) is 11.6 Å². The number of rotatable bonds is 1. The van der Waals surface area contributed by atoms with E-state index in [4.69, 9.17) is 11.6 Å². The molecule has 2 amide bonds. The predicted octanol–water partition coefficient (Wildman–Crippen LogP) is 2.41. The van der Waals surface area contributed by atoms with E-state index in [1.165, 1.54) is 0 Å². The maximum absolute atomic E-state index is 12.3. The van der Waals surface area contributed by atoms with Gasteiger partial charge in [0.1, 0.15) is 0 Å². The van der Waals surface area contributed by atoms with E-state index < -0.39 is 0 Å². The average molecular weight is 346 g/mol. The summed E-state index contributed by atoms with van der Waals surface area (Å²) in [6.45, 7) is 3.87. The highest BCUT2D eigenvalue weighted by molar-refractivity contribution is 9.10. The lowest BCUT2D eigenvalue weighted by molar-refractivity contribution is -0.130. The quantitative estimate of drug-likeness (QED) is 0.784. The second-order valence-corrected chi connectivity index (χ2v) is 5.69. The molecule has 6 heteroatoms. The minimum atomic E-state index is -0.0273. The van der Waals surface area contributed by atoms with E-state index in [0.717, 1.165) is 0 Å². The van der Waals surface area contributed by atoms with Gasteiger partial charge < -0.3 is 9.80 Å². The van der Waals surface area contributed by atoms with E-state index in [1.807, 2.05) is 0 Å². The van der Waals surface area contributed by atoms with Crippen LogP contribution in [0.2, 0.25) is 5.02 Å². The van der Waals surface area contributed by atoms with Crippen molar-refractivity contribution in [3.05, 3.63) is 33.3 Å². The molecular formula is C13H14BrClN2O2. The van der Waals surface area contributed by atoms with Crippen LogP contribution in [0.25, 0.3) is 0 Å². The standard InChI is InChI=1S/C13H14BrClN2O2/c1-9(18)16-4-6-17(7-5-16)13(19)10-2-3-12(15)11(14)8-10/h2-3,8H,4-7H2,1H3. The fourth-order valence-corrected chi connectivity index (χ4v) is 2.53. The number of hydrogen-bond acceptors (Lipinski definition) is 2. The molecule has 1 saturated heterocycles. The number of benzene rings is 1. The van der Waals surface area contributed by atoms with Gasteiger partial charge in [-0.15, -0.1) is 0 Å². The summed E-state index contributed by atoms with van der Waals surface area (Å²) in [7, 11) is 0. The molecule has 1 heterocycles. The molecule has 4 nitrogen and oxygen atoms in total. The van der Waals surface area contributed by atoms with Crippen LogP contribution < -0.4 is 0 Å². The van der Waals surface area contributed by atoms with Crippen molar-refractivity contribution in [1.82, 2.24) is 9.80 Å². The first-order chi connectivity index (χ1) is 8.99. The topological polar surface area (TPSA) is 40.6 Å². The van der Waals surface area contributed by atoms with Gasteiger partial charge in [0.25, 0.3) is 5.91 Å². The van der Waals surface area contributed by atoms with E-state index >= 15 is 0 Å². The number of amides is 2. The van der Waals surface area contributed by atoms with E-state index in [0.29, 0.717) is 41.2 Å². The first-order valence-electron chi connectivity index (χ1n) is 5.99. The van der Waals surface area contributed by atoms with Gasteiger partial charge in [0.2, 0.25) is 5.91 Å². The SMILES string of the molecule is CC(=O)N1CCN(C(=O)c2ccc(Cl)c(Br)c2)CC1. The van der Waals surface area contributed by atoms with Gasteiger partial charge in [0.15, 0.2) is 0 Å². The van der Waals surface area contributed by atoms with Gasteiger partial charge in [-0.2, -0.15) is 0 Å². The summed E-state index contributed by atoms with van der Waals surface area (Å²) in [5.74, 6) is 0.0295. The van der Waals surface area contributed by atoms with Crippen molar-refractivity contribution in [3.63, 3.8) is 0 Å². The molecule has 0 aliphatic carbocycles. The lowest BCUT2D eigenvalue weighted by Crippen LogP contribution is -2.50. The third-order valence-electron chi connectivity index (χ3n) is 3.18. The number of halogens is 2. The summed E-state index contributed by atoms with van der Waals surface area (Å²) >= 11 is 9.22. The normalized spacial score (nSPS) is 15.5. The molecule has 0 bridgehead atoms. The van der Waals surface area contributed by atoms with Crippen molar-refractivity contribution in [1.29, 1.82) is 0 Å². The zero-order valence-corrected chi connectivity index (χ0v) is 12.9. The third-order valence-corrected chi connectivity index (χ3v) is 4.39. The molecule has 0 N–H and O–H groups in total. The second kappa shape index (κ2) is 5.92. The molecule has 0 unspecified atom stereocenters. The lowest BCUT2D eigenvalue weighted by atomic mass is 10.2. The van der Waals surface area contributed by atoms with Crippen LogP contribution in [-0.4, -0.2) is 47.8 Å². The monoisotopic (exact) mass is 344 g/mol. The van der Waals surface area contributed by atoms with Crippen LogP contribution in [0.15, 0.2) is 22.7 Å². The van der Waals surface area contributed by atoms with Crippen molar-refractivity contribution < 1.29 is 9.59 Å². The van der Waals surface area contributed by atoms with Gasteiger partial charge in [-0.05, 0) is 34.1 Å². The Morgan fingerprint density at radius 3 is 2.26 bits per heavy atom. The molecule has 1 aromatic carbocycles. The molecule has 1 aromatic rings. The van der Waals surface area contributed by atoms with E-state index in [2.05, 4.69) is 15.9 Å². The van der Waals surface area contributed by atoms with Crippen LogP contribution in [0.1, 0.15) is 17.3 Å². The molecule has 1 aliphatic heterocycles. The van der Waals surface area contributed by atoms with Crippen molar-refractivity contribution in [2.45, 2.75) is 6.92 Å². The lowest BCUT2D eigenvalue weighted by Gasteiger charge is -2.34. The van der Waals surface area contributed by atoms with Crippen LogP contribution >= 0.6 is 27.5 Å². The molecule has 19 heavy (non-hydrogen) atoms. The first-order valence-corrected chi connectivity index (χ1v) is 7.16. The Kier molecular flexibility index (Phi) is 4.47. The zero-order valence-electron chi connectivity index (χ0n) is 10.5. The van der Waals surface area contributed by atoms with Crippen LogP contribution in [0, 0.1) is 0 Å². The minimum absolute atomic E-state index is 0.0273. The third kappa shape index (κ3) is 3.28. The smallest absolute Gasteiger partial charge is 0.254 e. The number of piperazine rings is 1. The van der Waals surface area contributed by atoms with Crippen LogP contribution in [0.4, 0.5) is 0 Å². The Hall–Kier alpha value is -1.07. The highest BCUT2D eigenvalue weighted by atomic mass is 79.9. The highest BCUT2D eigenvalue weighted by Gasteiger charge is 2.23. The first kappa shape index (κ1) is 14.3. The molecule has 1 aliphatic rings. The van der Waals surface area contributed by atoms with Gasteiger partial charge in [0, 0.05) is 43.1 Å². The zero-order chi connectivity index (χ0) is 14.0. The Labute approximate surface area is 125 Å². The Balaban J connectivity index is 2.05. The predicted molar refractivity (Wildman–Crippen MR) is 77.3 cm³/mol. The van der Waals surface area contributed by atoms with E-state index in [9.17, 15) is 9.59 Å². The molecule has 1 fully saturated rings. The maximum atomic E-state index is 12.3. The van der Waals surface area contributed by atoms with Crippen LogP contribution in [0.3, 0.4) is 0 Å². The van der Waals surface area contributed by atoms with Gasteiger partial charge in [0.05, 0.1) is 5.02 Å². The summed E-state index contributed by atoms with van der Waals surface area (Å²) in [6, 6.07) is 5.14. The fraction of sp³-hybridized carbons (Fsp3) is 0.385. The van der Waals surface area contributed by atoms with Crippen LogP contribution in [0.5, 0.6) is 0 Å². The second-order valence-electron chi connectivity index (χ2n) is 4.43. The molecular weight excluding hydrogens is 332 g/mol. The van der Waals surface area contributed by atoms with E-state index in [-0.39, 0.29) is 11.8 Å². The number of nitrogens with zero attached hydrogens (tertiary/aromatic N) is 2. The highest BCUT2D eigenvalue weighted by Crippen LogP contribution is 2.24. The van der Waals surface area contributed by atoms with Crippen molar-refractivity contribution in [2.75, 3.05) is 26.2 Å². The molecule has 0 spiro atoms. The number of carbonyl (C=O) groups is 2. The summed E-state index contributed by atoms with van der Waals surface area (Å²) in [5.41, 5.74) is 0.604. The Morgan fingerprint density at radius 1 is 1.16 bits per heavy atom. The largest absolute Gasteiger partial charge is 0.339 e. The minimum Gasteiger partial charge on any atom is -0.339 e. The van der Waals surface area contributed by atoms with Gasteiger partial charge in [-0.25, -0.2) is 0 Å². The summed E-state index contributed by atoms with van der Waals surface area (Å²) < 4.78 is 0.711. The summed E-state index contributed by atoms with van der Waals surface area (Å²) in [4.78, 5) is 27.0.